The highest BCUT2D eigenvalue weighted by molar-refractivity contribution is 6.33. The van der Waals surface area contributed by atoms with Crippen LogP contribution in [0.25, 0.3) is 0 Å². The number of benzene rings is 1. The van der Waals surface area contributed by atoms with Gasteiger partial charge in [-0.15, -0.1) is 0 Å². The summed E-state index contributed by atoms with van der Waals surface area (Å²) in [7, 11) is 0. The zero-order valence-corrected chi connectivity index (χ0v) is 18.8. The van der Waals surface area contributed by atoms with E-state index in [0.717, 1.165) is 44.2 Å². The van der Waals surface area contributed by atoms with Crippen LogP contribution in [0, 0.1) is 11.8 Å². The van der Waals surface area contributed by atoms with Gasteiger partial charge in [0.15, 0.2) is 0 Å². The summed E-state index contributed by atoms with van der Waals surface area (Å²) in [6.45, 7) is 3.69. The van der Waals surface area contributed by atoms with Crippen LogP contribution in [0.2, 0.25) is 5.02 Å². The Morgan fingerprint density at radius 1 is 1.26 bits per heavy atom. The van der Waals surface area contributed by atoms with Crippen molar-refractivity contribution < 1.29 is 4.79 Å². The lowest BCUT2D eigenvalue weighted by atomic mass is 9.50. The predicted molar refractivity (Wildman–Crippen MR) is 122 cm³/mol. The SMILES string of the molecule is CCc1cccc(Nc2cnn(C34C[C@H]5C[C@@H](CC(NC(C)=O)(C5)C3)C4)c(=O)c2Cl)c1. The lowest BCUT2D eigenvalue weighted by molar-refractivity contribution is -0.128. The number of carbonyl (C=O) groups is 1. The quantitative estimate of drug-likeness (QED) is 0.723. The van der Waals surface area contributed by atoms with Crippen LogP contribution in [0.1, 0.15) is 57.9 Å². The number of halogens is 1. The molecule has 0 aliphatic heterocycles. The Balaban J connectivity index is 1.49. The van der Waals surface area contributed by atoms with E-state index in [0.29, 0.717) is 17.5 Å². The maximum Gasteiger partial charge on any atom is 0.288 e. The molecule has 1 amide bonds. The fourth-order valence-corrected chi connectivity index (χ4v) is 7.04. The normalized spacial score (nSPS) is 30.9. The first kappa shape index (κ1) is 20.6. The first-order chi connectivity index (χ1) is 14.8. The third kappa shape index (κ3) is 3.55. The van der Waals surface area contributed by atoms with Gasteiger partial charge in [-0.2, -0.15) is 5.10 Å². The number of anilines is 2. The molecule has 0 unspecified atom stereocenters. The lowest BCUT2D eigenvalue weighted by Gasteiger charge is -2.61. The van der Waals surface area contributed by atoms with Crippen molar-refractivity contribution in [2.75, 3.05) is 5.32 Å². The molecule has 4 aliphatic carbocycles. The van der Waals surface area contributed by atoms with Crippen molar-refractivity contribution >= 4 is 28.9 Å². The van der Waals surface area contributed by atoms with Crippen LogP contribution in [-0.2, 0) is 16.8 Å². The average molecular weight is 441 g/mol. The number of aromatic nitrogens is 2. The molecule has 6 rings (SSSR count). The van der Waals surface area contributed by atoms with Gasteiger partial charge >= 0.3 is 0 Å². The minimum absolute atomic E-state index is 0.00398. The smallest absolute Gasteiger partial charge is 0.288 e. The van der Waals surface area contributed by atoms with Gasteiger partial charge in [-0.25, -0.2) is 4.68 Å². The van der Waals surface area contributed by atoms with Gasteiger partial charge in [0.25, 0.3) is 5.56 Å². The molecule has 2 aromatic rings. The highest BCUT2D eigenvalue weighted by Gasteiger charge is 2.59. The van der Waals surface area contributed by atoms with Crippen molar-refractivity contribution in [1.29, 1.82) is 0 Å². The Bertz CT molecular complexity index is 1080. The number of nitrogens with one attached hydrogen (secondary N) is 2. The van der Waals surface area contributed by atoms with E-state index < -0.39 is 0 Å². The Labute approximate surface area is 187 Å². The number of amides is 1. The number of rotatable bonds is 5. The molecule has 4 saturated carbocycles. The molecule has 0 saturated heterocycles. The van der Waals surface area contributed by atoms with Crippen LogP contribution in [0.15, 0.2) is 35.3 Å². The van der Waals surface area contributed by atoms with E-state index in [1.165, 1.54) is 12.0 Å². The molecule has 7 heteroatoms. The topological polar surface area (TPSA) is 76.0 Å². The standard InChI is InChI=1S/C24H29ClN4O2/c1-3-16-5-4-6-19(8-16)27-20-13-26-29(22(31)21(20)25)24-11-17-7-18(12-24)10-23(9-17,14-24)28-15(2)30/h4-6,8,13,17-18,27H,3,7,9-12,14H2,1-2H3,(H,28,30)/t17-,18-,23?,24?/m0/s1. The summed E-state index contributed by atoms with van der Waals surface area (Å²) in [5.41, 5.74) is 1.78. The van der Waals surface area contributed by atoms with Crippen molar-refractivity contribution in [3.63, 3.8) is 0 Å². The molecule has 164 valence electrons. The van der Waals surface area contributed by atoms with Crippen molar-refractivity contribution in [3.05, 3.63) is 51.4 Å². The predicted octanol–water partition coefficient (Wildman–Crippen LogP) is 4.39. The second-order valence-electron chi connectivity index (χ2n) is 9.91. The minimum atomic E-state index is -0.367. The van der Waals surface area contributed by atoms with Crippen LogP contribution in [-0.4, -0.2) is 21.2 Å². The molecule has 2 atom stereocenters. The summed E-state index contributed by atoms with van der Waals surface area (Å²) in [5, 5.41) is 11.3. The van der Waals surface area contributed by atoms with Crippen LogP contribution in [0.3, 0.4) is 0 Å². The zero-order valence-electron chi connectivity index (χ0n) is 18.1. The summed E-state index contributed by atoms with van der Waals surface area (Å²) >= 11 is 6.58. The maximum atomic E-state index is 13.4. The Kier molecular flexibility index (Phi) is 4.88. The van der Waals surface area contributed by atoms with Crippen LogP contribution < -0.4 is 16.2 Å². The molecule has 1 aromatic carbocycles. The number of nitrogens with zero attached hydrogens (tertiary/aromatic N) is 2. The van der Waals surface area contributed by atoms with E-state index in [1.807, 2.05) is 12.1 Å². The van der Waals surface area contributed by atoms with Crippen molar-refractivity contribution in [2.24, 2.45) is 11.8 Å². The van der Waals surface area contributed by atoms with Gasteiger partial charge < -0.3 is 10.6 Å². The maximum absolute atomic E-state index is 13.4. The van der Waals surface area contributed by atoms with Gasteiger partial charge in [-0.1, -0.05) is 30.7 Å². The summed E-state index contributed by atoms with van der Waals surface area (Å²) in [6, 6.07) is 8.07. The first-order valence-corrected chi connectivity index (χ1v) is 11.6. The molecule has 1 aromatic heterocycles. The van der Waals surface area contributed by atoms with Gasteiger partial charge in [0, 0.05) is 18.2 Å². The monoisotopic (exact) mass is 440 g/mol. The van der Waals surface area contributed by atoms with E-state index >= 15 is 0 Å². The fourth-order valence-electron chi connectivity index (χ4n) is 6.86. The van der Waals surface area contributed by atoms with E-state index in [4.69, 9.17) is 11.6 Å². The van der Waals surface area contributed by atoms with E-state index in [2.05, 4.69) is 34.8 Å². The van der Waals surface area contributed by atoms with E-state index in [-0.39, 0.29) is 27.6 Å². The Morgan fingerprint density at radius 3 is 2.68 bits per heavy atom. The van der Waals surface area contributed by atoms with Gasteiger partial charge in [0.05, 0.1) is 17.4 Å². The summed E-state index contributed by atoms with van der Waals surface area (Å²) in [4.78, 5) is 25.3. The van der Waals surface area contributed by atoms with Crippen LogP contribution >= 0.6 is 11.6 Å². The van der Waals surface area contributed by atoms with Crippen LogP contribution in [0.4, 0.5) is 11.4 Å². The van der Waals surface area contributed by atoms with Crippen molar-refractivity contribution in [3.8, 4) is 0 Å². The second kappa shape index (κ2) is 7.37. The fraction of sp³-hybridized carbons (Fsp3) is 0.542. The second-order valence-corrected chi connectivity index (χ2v) is 10.3. The third-order valence-electron chi connectivity index (χ3n) is 7.45. The summed E-state index contributed by atoms with van der Waals surface area (Å²) in [6.07, 6.45) is 8.40. The molecule has 0 spiro atoms. The molecule has 4 aliphatic rings. The summed E-state index contributed by atoms with van der Waals surface area (Å²) in [5.74, 6) is 1.02. The van der Waals surface area contributed by atoms with Gasteiger partial charge in [-0.05, 0) is 74.5 Å². The molecule has 6 nitrogen and oxygen atoms in total. The van der Waals surface area contributed by atoms with Gasteiger partial charge in [0.2, 0.25) is 5.91 Å². The molecular formula is C24H29ClN4O2. The molecule has 31 heavy (non-hydrogen) atoms. The van der Waals surface area contributed by atoms with Crippen molar-refractivity contribution in [2.45, 2.75) is 69.9 Å². The Hall–Kier alpha value is -2.34. The molecule has 4 bridgehead atoms. The first-order valence-electron chi connectivity index (χ1n) is 11.2. The average Bonchev–Trinajstić information content (AvgIpc) is 2.69. The third-order valence-corrected chi connectivity index (χ3v) is 7.82. The largest absolute Gasteiger partial charge is 0.353 e. The van der Waals surface area contributed by atoms with E-state index in [9.17, 15) is 9.59 Å². The molecule has 4 fully saturated rings. The molecular weight excluding hydrogens is 412 g/mol. The highest BCUT2D eigenvalue weighted by atomic mass is 35.5. The summed E-state index contributed by atoms with van der Waals surface area (Å²) < 4.78 is 1.64. The van der Waals surface area contributed by atoms with E-state index in [1.54, 1.807) is 17.8 Å². The van der Waals surface area contributed by atoms with Gasteiger partial charge in [-0.3, -0.25) is 9.59 Å². The Morgan fingerprint density at radius 2 is 2.00 bits per heavy atom. The highest BCUT2D eigenvalue weighted by Crippen LogP contribution is 2.60. The number of hydrogen-bond donors (Lipinski definition) is 2. The van der Waals surface area contributed by atoms with Crippen LogP contribution in [0.5, 0.6) is 0 Å². The lowest BCUT2D eigenvalue weighted by Crippen LogP contribution is -2.67. The molecule has 0 radical (unpaired) electrons. The zero-order chi connectivity index (χ0) is 21.8. The molecule has 1 heterocycles. The number of hydrogen-bond acceptors (Lipinski definition) is 4. The minimum Gasteiger partial charge on any atom is -0.353 e. The van der Waals surface area contributed by atoms with Gasteiger partial charge in [0.1, 0.15) is 5.02 Å². The number of aryl methyl sites for hydroxylation is 1. The number of carbonyl (C=O) groups excluding carboxylic acids is 1. The molecule has 2 N–H and O–H groups in total. The van der Waals surface area contributed by atoms with Crippen molar-refractivity contribution in [1.82, 2.24) is 15.1 Å².